The van der Waals surface area contributed by atoms with Gasteiger partial charge in [0.2, 0.25) is 5.91 Å². The van der Waals surface area contributed by atoms with Gasteiger partial charge in [0.05, 0.1) is 24.5 Å². The Morgan fingerprint density at radius 2 is 1.93 bits per heavy atom. The Balaban J connectivity index is 1.46. The van der Waals surface area contributed by atoms with Gasteiger partial charge in [-0.05, 0) is 55.8 Å². The highest BCUT2D eigenvalue weighted by Gasteiger charge is 2.11. The van der Waals surface area contributed by atoms with Gasteiger partial charge in [0.15, 0.2) is 4.34 Å². The number of thioether (sulfide) groups is 1. The lowest BCUT2D eigenvalue weighted by molar-refractivity contribution is -0.142. The number of aryl methyl sites for hydroxylation is 1. The van der Waals surface area contributed by atoms with Crippen LogP contribution in [0.3, 0.4) is 0 Å². The second-order valence-electron chi connectivity index (χ2n) is 6.37. The molecule has 156 valence electrons. The fourth-order valence-electron chi connectivity index (χ4n) is 2.54. The van der Waals surface area contributed by atoms with Crippen LogP contribution in [0.15, 0.2) is 58.3 Å². The summed E-state index contributed by atoms with van der Waals surface area (Å²) in [4.78, 5) is 28.1. The number of rotatable bonds is 9. The molecule has 1 amide bonds. The van der Waals surface area contributed by atoms with Crippen LogP contribution in [0.5, 0.6) is 11.5 Å². The summed E-state index contributed by atoms with van der Waals surface area (Å²) in [6.07, 6.45) is 0.147. The van der Waals surface area contributed by atoms with E-state index in [0.29, 0.717) is 23.7 Å². The standard InChI is InChI=1S/C22H22N2O4S2/c1-3-27-21(26)12-17-13-29-22(24-17)30-14-20(25)23-16-7-9-18(10-8-16)28-19-6-4-5-15(2)11-19/h4-11,13H,3,12,14H2,1-2H3,(H,23,25). The molecule has 0 aliphatic rings. The molecule has 0 bridgehead atoms. The molecule has 0 atom stereocenters. The smallest absolute Gasteiger partial charge is 0.311 e. The van der Waals surface area contributed by atoms with Crippen molar-refractivity contribution in [3.8, 4) is 11.5 Å². The molecule has 0 saturated carbocycles. The van der Waals surface area contributed by atoms with Crippen LogP contribution >= 0.6 is 23.1 Å². The third-order valence-electron chi connectivity index (χ3n) is 3.85. The number of amides is 1. The second kappa shape index (κ2) is 10.8. The van der Waals surface area contributed by atoms with E-state index in [1.54, 1.807) is 19.1 Å². The maximum absolute atomic E-state index is 12.2. The highest BCUT2D eigenvalue weighted by Crippen LogP contribution is 2.25. The van der Waals surface area contributed by atoms with Crippen LogP contribution in [0.2, 0.25) is 0 Å². The van der Waals surface area contributed by atoms with E-state index in [9.17, 15) is 9.59 Å². The molecule has 8 heteroatoms. The fourth-order valence-corrected chi connectivity index (χ4v) is 4.19. The number of carbonyl (C=O) groups is 2. The summed E-state index contributed by atoms with van der Waals surface area (Å²) in [5.41, 5.74) is 2.48. The van der Waals surface area contributed by atoms with Gasteiger partial charge in [0.1, 0.15) is 11.5 Å². The first-order chi connectivity index (χ1) is 14.5. The van der Waals surface area contributed by atoms with Crippen molar-refractivity contribution < 1.29 is 19.1 Å². The third kappa shape index (κ3) is 6.89. The number of carbonyl (C=O) groups excluding carboxylic acids is 2. The molecule has 2 aromatic carbocycles. The van der Waals surface area contributed by atoms with E-state index in [2.05, 4.69) is 10.3 Å². The van der Waals surface area contributed by atoms with Crippen molar-refractivity contribution in [3.63, 3.8) is 0 Å². The van der Waals surface area contributed by atoms with Crippen LogP contribution < -0.4 is 10.1 Å². The van der Waals surface area contributed by atoms with Crippen molar-refractivity contribution in [1.29, 1.82) is 0 Å². The number of anilines is 1. The molecule has 0 aliphatic heterocycles. The number of nitrogens with zero attached hydrogens (tertiary/aromatic N) is 1. The van der Waals surface area contributed by atoms with Crippen LogP contribution in [0.4, 0.5) is 5.69 Å². The molecule has 1 aromatic heterocycles. The zero-order valence-corrected chi connectivity index (χ0v) is 18.3. The molecule has 0 spiro atoms. The summed E-state index contributed by atoms with van der Waals surface area (Å²) in [7, 11) is 0. The van der Waals surface area contributed by atoms with Crippen molar-refractivity contribution in [3.05, 3.63) is 65.2 Å². The SMILES string of the molecule is CCOC(=O)Cc1csc(SCC(=O)Nc2ccc(Oc3cccc(C)c3)cc2)n1. The molecule has 1 heterocycles. The van der Waals surface area contributed by atoms with Gasteiger partial charge in [0, 0.05) is 11.1 Å². The Labute approximate surface area is 183 Å². The first-order valence-electron chi connectivity index (χ1n) is 9.39. The van der Waals surface area contributed by atoms with E-state index >= 15 is 0 Å². The lowest BCUT2D eigenvalue weighted by Gasteiger charge is -2.08. The van der Waals surface area contributed by atoms with Gasteiger partial charge in [0.25, 0.3) is 0 Å². The number of aromatic nitrogens is 1. The topological polar surface area (TPSA) is 77.5 Å². The monoisotopic (exact) mass is 442 g/mol. The Morgan fingerprint density at radius 1 is 1.13 bits per heavy atom. The lowest BCUT2D eigenvalue weighted by atomic mass is 10.2. The summed E-state index contributed by atoms with van der Waals surface area (Å²) >= 11 is 2.74. The van der Waals surface area contributed by atoms with Crippen molar-refractivity contribution in [2.45, 2.75) is 24.6 Å². The fraction of sp³-hybridized carbons (Fsp3) is 0.227. The Morgan fingerprint density at radius 3 is 2.67 bits per heavy atom. The Hall–Kier alpha value is -2.84. The number of hydrogen-bond acceptors (Lipinski definition) is 7. The zero-order chi connectivity index (χ0) is 21.3. The van der Waals surface area contributed by atoms with E-state index in [0.717, 1.165) is 15.7 Å². The number of nitrogens with one attached hydrogen (secondary N) is 1. The Kier molecular flexibility index (Phi) is 7.87. The molecular weight excluding hydrogens is 420 g/mol. The van der Waals surface area contributed by atoms with Crippen molar-refractivity contribution in [2.24, 2.45) is 0 Å². The highest BCUT2D eigenvalue weighted by atomic mass is 32.2. The summed E-state index contributed by atoms with van der Waals surface area (Å²) in [5.74, 6) is 1.27. The molecule has 30 heavy (non-hydrogen) atoms. The quantitative estimate of drug-likeness (QED) is 0.368. The number of esters is 1. The summed E-state index contributed by atoms with van der Waals surface area (Å²) < 4.78 is 11.5. The van der Waals surface area contributed by atoms with Crippen molar-refractivity contribution in [1.82, 2.24) is 4.98 Å². The third-order valence-corrected chi connectivity index (χ3v) is 5.92. The predicted octanol–water partition coefficient (Wildman–Crippen LogP) is 5.08. The molecule has 0 saturated heterocycles. The average molecular weight is 443 g/mol. The summed E-state index contributed by atoms with van der Waals surface area (Å²) in [6.45, 7) is 4.13. The summed E-state index contributed by atoms with van der Waals surface area (Å²) in [5, 5.41) is 4.67. The predicted molar refractivity (Wildman–Crippen MR) is 119 cm³/mol. The number of benzene rings is 2. The number of thiazole rings is 1. The van der Waals surface area contributed by atoms with Gasteiger partial charge in [-0.25, -0.2) is 4.98 Å². The van der Waals surface area contributed by atoms with Crippen molar-refractivity contribution >= 4 is 40.7 Å². The average Bonchev–Trinajstić information content (AvgIpc) is 3.15. The molecular formula is C22H22N2O4S2. The second-order valence-corrected chi connectivity index (χ2v) is 8.45. The molecule has 0 aliphatic carbocycles. The van der Waals surface area contributed by atoms with Crippen LogP contribution in [-0.2, 0) is 20.7 Å². The van der Waals surface area contributed by atoms with E-state index in [1.807, 2.05) is 48.7 Å². The van der Waals surface area contributed by atoms with E-state index in [1.165, 1.54) is 23.1 Å². The maximum atomic E-state index is 12.2. The summed E-state index contributed by atoms with van der Waals surface area (Å²) in [6, 6.07) is 15.0. The van der Waals surface area contributed by atoms with Crippen LogP contribution in [0, 0.1) is 6.92 Å². The van der Waals surface area contributed by atoms with E-state index in [-0.39, 0.29) is 24.1 Å². The van der Waals surface area contributed by atoms with Gasteiger partial charge >= 0.3 is 5.97 Å². The van der Waals surface area contributed by atoms with E-state index < -0.39 is 0 Å². The van der Waals surface area contributed by atoms with E-state index in [4.69, 9.17) is 9.47 Å². The van der Waals surface area contributed by atoms with Crippen LogP contribution in [-0.4, -0.2) is 29.2 Å². The maximum Gasteiger partial charge on any atom is 0.311 e. The van der Waals surface area contributed by atoms with Gasteiger partial charge in [-0.3, -0.25) is 9.59 Å². The molecule has 3 aromatic rings. The number of ether oxygens (including phenoxy) is 2. The lowest BCUT2D eigenvalue weighted by Crippen LogP contribution is -2.13. The molecule has 0 fully saturated rings. The number of hydrogen-bond donors (Lipinski definition) is 1. The first kappa shape index (κ1) is 21.9. The van der Waals surface area contributed by atoms with Crippen LogP contribution in [0.1, 0.15) is 18.2 Å². The minimum atomic E-state index is -0.299. The molecule has 3 rings (SSSR count). The first-order valence-corrected chi connectivity index (χ1v) is 11.3. The van der Waals surface area contributed by atoms with Crippen molar-refractivity contribution in [2.75, 3.05) is 17.7 Å². The van der Waals surface area contributed by atoms with Crippen LogP contribution in [0.25, 0.3) is 0 Å². The van der Waals surface area contributed by atoms with Gasteiger partial charge < -0.3 is 14.8 Å². The molecule has 6 nitrogen and oxygen atoms in total. The molecule has 0 unspecified atom stereocenters. The zero-order valence-electron chi connectivity index (χ0n) is 16.7. The minimum absolute atomic E-state index is 0.130. The van der Waals surface area contributed by atoms with Gasteiger partial charge in [-0.15, -0.1) is 11.3 Å². The van der Waals surface area contributed by atoms with Gasteiger partial charge in [-0.1, -0.05) is 23.9 Å². The largest absolute Gasteiger partial charge is 0.466 e. The Bertz CT molecular complexity index is 1000. The minimum Gasteiger partial charge on any atom is -0.466 e. The van der Waals surface area contributed by atoms with Gasteiger partial charge in [-0.2, -0.15) is 0 Å². The highest BCUT2D eigenvalue weighted by molar-refractivity contribution is 8.01. The normalized spacial score (nSPS) is 10.5. The molecule has 0 radical (unpaired) electrons. The molecule has 1 N–H and O–H groups in total.